The Morgan fingerprint density at radius 1 is 1.40 bits per heavy atom. The van der Waals surface area contributed by atoms with Crippen LogP contribution in [0.25, 0.3) is 5.65 Å². The van der Waals surface area contributed by atoms with Crippen LogP contribution in [0.1, 0.15) is 23.2 Å². The molecule has 1 saturated heterocycles. The van der Waals surface area contributed by atoms with Gasteiger partial charge in [-0.2, -0.15) is 5.10 Å². The van der Waals surface area contributed by atoms with E-state index in [0.717, 1.165) is 5.65 Å². The van der Waals surface area contributed by atoms with Gasteiger partial charge in [-0.05, 0) is 6.42 Å². The van der Waals surface area contributed by atoms with Gasteiger partial charge in [-0.3, -0.25) is 9.59 Å². The van der Waals surface area contributed by atoms with Crippen LogP contribution in [-0.4, -0.2) is 50.5 Å². The lowest BCUT2D eigenvalue weighted by Gasteiger charge is -2.30. The first-order chi connectivity index (χ1) is 9.56. The Morgan fingerprint density at radius 3 is 2.95 bits per heavy atom. The summed E-state index contributed by atoms with van der Waals surface area (Å²) in [6, 6.07) is 0.000387. The number of likely N-dealkylation sites (N-methyl/N-ethyl adjacent to an activating group) is 1. The van der Waals surface area contributed by atoms with Crippen molar-refractivity contribution < 1.29 is 9.59 Å². The number of hydrogen-bond acceptors (Lipinski definition) is 3. The van der Waals surface area contributed by atoms with Crippen LogP contribution in [0.15, 0.2) is 18.6 Å². The average Bonchev–Trinajstić information content (AvgIpc) is 2.97. The molecule has 0 unspecified atom stereocenters. The van der Waals surface area contributed by atoms with E-state index in [1.54, 1.807) is 28.9 Å². The normalized spacial score (nSPS) is 19.6. The first kappa shape index (κ1) is 12.7. The summed E-state index contributed by atoms with van der Waals surface area (Å²) in [5.74, 6) is -0.0135. The maximum absolute atomic E-state index is 12.3. The molecule has 3 rings (SSSR count). The number of imidazole rings is 1. The van der Waals surface area contributed by atoms with Crippen molar-refractivity contribution in [3.8, 4) is 0 Å². The van der Waals surface area contributed by atoms with Crippen LogP contribution in [0.3, 0.4) is 0 Å². The molecule has 2 amide bonds. The first-order valence-corrected chi connectivity index (χ1v) is 6.60. The Hall–Kier alpha value is -2.31. The highest BCUT2D eigenvalue weighted by Crippen LogP contribution is 2.13. The fraction of sp³-hybridized carbons (Fsp3) is 0.462. The standard InChI is InChI=1S/C13H17N5O2/c1-16-5-6-18-13(16)10(7-14-18)12(20)15-9-3-4-11(19)17(2)8-9/h5-7,9H,3-4,8H2,1-2H3,(H,15,20)/t9-/m0/s1. The lowest BCUT2D eigenvalue weighted by Crippen LogP contribution is -2.48. The van der Waals surface area contributed by atoms with E-state index in [1.807, 2.05) is 17.8 Å². The van der Waals surface area contributed by atoms with Crippen LogP contribution in [0.4, 0.5) is 0 Å². The highest BCUT2D eigenvalue weighted by atomic mass is 16.2. The van der Waals surface area contributed by atoms with Gasteiger partial charge in [0.25, 0.3) is 5.91 Å². The number of amides is 2. The van der Waals surface area contributed by atoms with E-state index in [1.165, 1.54) is 0 Å². The molecule has 3 heterocycles. The van der Waals surface area contributed by atoms with Crippen LogP contribution >= 0.6 is 0 Å². The third-order valence-electron chi connectivity index (χ3n) is 3.74. The number of nitrogens with zero attached hydrogens (tertiary/aromatic N) is 4. The van der Waals surface area contributed by atoms with Crippen molar-refractivity contribution in [3.63, 3.8) is 0 Å². The second-order valence-electron chi connectivity index (χ2n) is 5.22. The lowest BCUT2D eigenvalue weighted by molar-refractivity contribution is -0.132. The van der Waals surface area contributed by atoms with Gasteiger partial charge >= 0.3 is 0 Å². The van der Waals surface area contributed by atoms with Crippen LogP contribution < -0.4 is 5.32 Å². The van der Waals surface area contributed by atoms with Crippen LogP contribution in [0, 0.1) is 0 Å². The van der Waals surface area contributed by atoms with Gasteiger partial charge in [0.2, 0.25) is 5.91 Å². The number of piperidine rings is 1. The van der Waals surface area contributed by atoms with E-state index < -0.39 is 0 Å². The Kier molecular flexibility index (Phi) is 2.96. The number of likely N-dealkylation sites (tertiary alicyclic amines) is 1. The predicted octanol–water partition coefficient (Wildman–Crippen LogP) is 0.0234. The zero-order valence-electron chi connectivity index (χ0n) is 11.5. The van der Waals surface area contributed by atoms with E-state index in [2.05, 4.69) is 10.4 Å². The summed E-state index contributed by atoms with van der Waals surface area (Å²) >= 11 is 0. The monoisotopic (exact) mass is 275 g/mol. The second-order valence-corrected chi connectivity index (χ2v) is 5.22. The maximum Gasteiger partial charge on any atom is 0.256 e. The topological polar surface area (TPSA) is 71.6 Å². The average molecular weight is 275 g/mol. The molecule has 1 fully saturated rings. The van der Waals surface area contributed by atoms with Gasteiger partial charge in [0.15, 0.2) is 0 Å². The SMILES string of the molecule is CN1C[C@@H](NC(=O)c2cnn3ccn(C)c23)CCC1=O. The Bertz CT molecular complexity index is 671. The molecule has 0 aliphatic carbocycles. The Morgan fingerprint density at radius 2 is 2.20 bits per heavy atom. The third kappa shape index (κ3) is 2.04. The highest BCUT2D eigenvalue weighted by Gasteiger charge is 2.25. The molecule has 7 heteroatoms. The van der Waals surface area contributed by atoms with Gasteiger partial charge in [-0.15, -0.1) is 0 Å². The number of aromatic nitrogens is 3. The van der Waals surface area contributed by atoms with Crippen LogP contribution in [-0.2, 0) is 11.8 Å². The molecule has 0 spiro atoms. The van der Waals surface area contributed by atoms with Gasteiger partial charge in [0, 0.05) is 45.5 Å². The maximum atomic E-state index is 12.3. The minimum Gasteiger partial charge on any atom is -0.347 e. The molecule has 2 aromatic rings. The molecule has 7 nitrogen and oxygen atoms in total. The van der Waals surface area contributed by atoms with E-state index in [9.17, 15) is 9.59 Å². The van der Waals surface area contributed by atoms with Crippen molar-refractivity contribution in [3.05, 3.63) is 24.2 Å². The number of carbonyl (C=O) groups excluding carboxylic acids is 2. The van der Waals surface area contributed by atoms with Gasteiger partial charge in [-0.1, -0.05) is 0 Å². The minimum atomic E-state index is -0.144. The van der Waals surface area contributed by atoms with Crippen molar-refractivity contribution in [2.45, 2.75) is 18.9 Å². The van der Waals surface area contributed by atoms with Crippen LogP contribution in [0.2, 0.25) is 0 Å². The zero-order valence-corrected chi connectivity index (χ0v) is 11.5. The zero-order chi connectivity index (χ0) is 14.3. The van der Waals surface area contributed by atoms with E-state index in [0.29, 0.717) is 24.9 Å². The Labute approximate surface area is 116 Å². The van der Waals surface area contributed by atoms with Gasteiger partial charge < -0.3 is 14.8 Å². The van der Waals surface area contributed by atoms with Gasteiger partial charge in [0.05, 0.1) is 6.20 Å². The number of hydrogen-bond donors (Lipinski definition) is 1. The summed E-state index contributed by atoms with van der Waals surface area (Å²) in [6.07, 6.45) is 6.40. The van der Waals surface area contributed by atoms with Gasteiger partial charge in [0.1, 0.15) is 11.2 Å². The van der Waals surface area contributed by atoms with E-state index in [4.69, 9.17) is 0 Å². The van der Waals surface area contributed by atoms with Crippen molar-refractivity contribution >= 4 is 17.5 Å². The molecule has 0 saturated carbocycles. The fourth-order valence-corrected chi connectivity index (χ4v) is 2.60. The molecular formula is C13H17N5O2. The molecule has 1 aliphatic heterocycles. The molecule has 0 bridgehead atoms. The molecule has 0 radical (unpaired) electrons. The molecule has 1 aliphatic rings. The summed E-state index contributed by atoms with van der Waals surface area (Å²) in [5, 5.41) is 7.13. The second kappa shape index (κ2) is 4.66. The molecule has 1 atom stereocenters. The molecule has 2 aromatic heterocycles. The van der Waals surface area contributed by atoms with Crippen molar-refractivity contribution in [1.82, 2.24) is 24.4 Å². The largest absolute Gasteiger partial charge is 0.347 e. The number of carbonyl (C=O) groups is 2. The smallest absolute Gasteiger partial charge is 0.256 e. The molecular weight excluding hydrogens is 258 g/mol. The van der Waals surface area contributed by atoms with Gasteiger partial charge in [-0.25, -0.2) is 4.52 Å². The summed E-state index contributed by atoms with van der Waals surface area (Å²) in [6.45, 7) is 0.558. The number of fused-ring (bicyclic) bond motifs is 1. The number of nitrogens with one attached hydrogen (secondary N) is 1. The van der Waals surface area contributed by atoms with Crippen LogP contribution in [0.5, 0.6) is 0 Å². The Balaban J connectivity index is 1.76. The fourth-order valence-electron chi connectivity index (χ4n) is 2.60. The van der Waals surface area contributed by atoms with E-state index in [-0.39, 0.29) is 17.9 Å². The van der Waals surface area contributed by atoms with E-state index >= 15 is 0 Å². The molecule has 106 valence electrons. The third-order valence-corrected chi connectivity index (χ3v) is 3.74. The molecule has 0 aromatic carbocycles. The predicted molar refractivity (Wildman–Crippen MR) is 72.3 cm³/mol. The molecule has 20 heavy (non-hydrogen) atoms. The first-order valence-electron chi connectivity index (χ1n) is 6.60. The minimum absolute atomic E-state index is 0.000387. The molecule has 1 N–H and O–H groups in total. The van der Waals surface area contributed by atoms with Crippen molar-refractivity contribution in [1.29, 1.82) is 0 Å². The van der Waals surface area contributed by atoms with Crippen molar-refractivity contribution in [2.75, 3.05) is 13.6 Å². The summed E-state index contributed by atoms with van der Waals surface area (Å²) < 4.78 is 3.53. The lowest BCUT2D eigenvalue weighted by atomic mass is 10.1. The highest BCUT2D eigenvalue weighted by molar-refractivity contribution is 6.00. The summed E-state index contributed by atoms with van der Waals surface area (Å²) in [7, 11) is 3.64. The quantitative estimate of drug-likeness (QED) is 0.840. The summed E-state index contributed by atoms with van der Waals surface area (Å²) in [4.78, 5) is 25.4. The van der Waals surface area contributed by atoms with Crippen molar-refractivity contribution in [2.24, 2.45) is 7.05 Å². The number of rotatable bonds is 2. The summed E-state index contributed by atoms with van der Waals surface area (Å²) in [5.41, 5.74) is 1.32. The number of aryl methyl sites for hydroxylation is 1.